The molecule has 0 saturated heterocycles. The molecule has 150 valence electrons. The van der Waals surface area contributed by atoms with Crippen LogP contribution in [0.4, 0.5) is 0 Å². The number of rotatable bonds is 7. The van der Waals surface area contributed by atoms with Gasteiger partial charge in [0, 0.05) is 37.5 Å². The first kappa shape index (κ1) is 19.1. The molecular formula is C23H26N4O2. The SMILES string of the molecule is Cc1cc(C)n(CCCNC(=O)c2cc3occc3n2Cc2ccccc2C)n1. The van der Waals surface area contributed by atoms with Gasteiger partial charge in [0.2, 0.25) is 0 Å². The van der Waals surface area contributed by atoms with Crippen molar-refractivity contribution in [1.82, 2.24) is 19.7 Å². The molecule has 0 bridgehead atoms. The molecule has 0 spiro atoms. The van der Waals surface area contributed by atoms with Gasteiger partial charge in [-0.05, 0) is 44.4 Å². The Labute approximate surface area is 170 Å². The van der Waals surface area contributed by atoms with E-state index in [0.717, 1.165) is 35.5 Å². The van der Waals surface area contributed by atoms with Crippen LogP contribution in [0.5, 0.6) is 0 Å². The van der Waals surface area contributed by atoms with Crippen molar-refractivity contribution in [3.63, 3.8) is 0 Å². The van der Waals surface area contributed by atoms with Crippen LogP contribution in [0.3, 0.4) is 0 Å². The summed E-state index contributed by atoms with van der Waals surface area (Å²) in [7, 11) is 0. The van der Waals surface area contributed by atoms with Crippen LogP contribution in [0.25, 0.3) is 11.1 Å². The maximum absolute atomic E-state index is 12.9. The van der Waals surface area contributed by atoms with Gasteiger partial charge in [-0.1, -0.05) is 24.3 Å². The minimum atomic E-state index is -0.0849. The third-order valence-corrected chi connectivity index (χ3v) is 5.28. The van der Waals surface area contributed by atoms with Gasteiger partial charge in [-0.25, -0.2) is 0 Å². The van der Waals surface area contributed by atoms with Crippen LogP contribution >= 0.6 is 0 Å². The average Bonchev–Trinajstić information content (AvgIpc) is 3.36. The van der Waals surface area contributed by atoms with Crippen LogP contribution in [0.1, 0.15) is 39.4 Å². The molecule has 6 heteroatoms. The fraction of sp³-hybridized carbons (Fsp3) is 0.304. The van der Waals surface area contributed by atoms with Crippen molar-refractivity contribution in [3.05, 3.63) is 76.9 Å². The highest BCUT2D eigenvalue weighted by Crippen LogP contribution is 2.23. The number of nitrogens with zero attached hydrogens (tertiary/aromatic N) is 3. The first-order chi connectivity index (χ1) is 14.0. The van der Waals surface area contributed by atoms with Gasteiger partial charge in [0.25, 0.3) is 5.91 Å². The van der Waals surface area contributed by atoms with Crippen molar-refractivity contribution in [3.8, 4) is 0 Å². The Bertz CT molecular complexity index is 1150. The molecule has 0 radical (unpaired) electrons. The molecule has 0 aliphatic carbocycles. The van der Waals surface area contributed by atoms with Crippen LogP contribution in [0.2, 0.25) is 0 Å². The van der Waals surface area contributed by atoms with Gasteiger partial charge in [-0.3, -0.25) is 9.48 Å². The molecule has 0 aliphatic heterocycles. The van der Waals surface area contributed by atoms with E-state index in [1.165, 1.54) is 11.1 Å². The van der Waals surface area contributed by atoms with E-state index in [1.807, 2.05) is 47.4 Å². The first-order valence-electron chi connectivity index (χ1n) is 9.93. The molecule has 0 saturated carbocycles. The number of fused-ring (bicyclic) bond motifs is 1. The molecule has 3 heterocycles. The topological polar surface area (TPSA) is 65.0 Å². The Morgan fingerprint density at radius 3 is 2.72 bits per heavy atom. The number of furan rings is 1. The smallest absolute Gasteiger partial charge is 0.268 e. The Kier molecular flexibility index (Phi) is 5.25. The average molecular weight is 390 g/mol. The van der Waals surface area contributed by atoms with E-state index in [-0.39, 0.29) is 5.91 Å². The lowest BCUT2D eigenvalue weighted by molar-refractivity contribution is 0.0944. The zero-order valence-corrected chi connectivity index (χ0v) is 17.1. The van der Waals surface area contributed by atoms with Gasteiger partial charge in [-0.2, -0.15) is 5.10 Å². The Hall–Kier alpha value is -3.28. The second kappa shape index (κ2) is 7.99. The van der Waals surface area contributed by atoms with Crippen LogP contribution in [-0.2, 0) is 13.1 Å². The zero-order valence-electron chi connectivity index (χ0n) is 17.1. The molecule has 1 N–H and O–H groups in total. The van der Waals surface area contributed by atoms with Gasteiger partial charge in [0.1, 0.15) is 5.69 Å². The molecule has 0 atom stereocenters. The quantitative estimate of drug-likeness (QED) is 0.481. The minimum Gasteiger partial charge on any atom is -0.463 e. The summed E-state index contributed by atoms with van der Waals surface area (Å²) in [5.41, 5.74) is 6.82. The van der Waals surface area contributed by atoms with E-state index in [0.29, 0.717) is 18.8 Å². The molecule has 4 aromatic rings. The summed E-state index contributed by atoms with van der Waals surface area (Å²) in [6, 6.07) is 14.0. The number of nitrogens with one attached hydrogen (secondary N) is 1. The summed E-state index contributed by atoms with van der Waals surface area (Å²) in [6.07, 6.45) is 2.48. The number of hydrogen-bond donors (Lipinski definition) is 1. The largest absolute Gasteiger partial charge is 0.463 e. The van der Waals surface area contributed by atoms with E-state index in [9.17, 15) is 4.79 Å². The summed E-state index contributed by atoms with van der Waals surface area (Å²) >= 11 is 0. The fourth-order valence-electron chi connectivity index (χ4n) is 3.72. The van der Waals surface area contributed by atoms with Crippen molar-refractivity contribution in [2.24, 2.45) is 0 Å². The number of carbonyl (C=O) groups excluding carboxylic acids is 1. The summed E-state index contributed by atoms with van der Waals surface area (Å²) in [5, 5.41) is 7.51. The number of carbonyl (C=O) groups is 1. The predicted octanol–water partition coefficient (Wildman–Crippen LogP) is 4.22. The lowest BCUT2D eigenvalue weighted by Crippen LogP contribution is -2.27. The molecule has 0 unspecified atom stereocenters. The lowest BCUT2D eigenvalue weighted by atomic mass is 10.1. The molecule has 1 amide bonds. The van der Waals surface area contributed by atoms with E-state index >= 15 is 0 Å². The summed E-state index contributed by atoms with van der Waals surface area (Å²) in [4.78, 5) is 12.9. The van der Waals surface area contributed by atoms with Gasteiger partial charge in [0.05, 0.1) is 17.5 Å². The van der Waals surface area contributed by atoms with Gasteiger partial charge in [-0.15, -0.1) is 0 Å². The second-order valence-corrected chi connectivity index (χ2v) is 7.47. The van der Waals surface area contributed by atoms with Crippen LogP contribution in [-0.4, -0.2) is 26.8 Å². The van der Waals surface area contributed by atoms with Crippen molar-refractivity contribution < 1.29 is 9.21 Å². The molecule has 3 aromatic heterocycles. The van der Waals surface area contributed by atoms with Gasteiger partial charge in [0.15, 0.2) is 5.58 Å². The highest BCUT2D eigenvalue weighted by molar-refractivity contribution is 5.97. The van der Waals surface area contributed by atoms with Crippen LogP contribution < -0.4 is 5.32 Å². The molecule has 1 aromatic carbocycles. The number of aromatic nitrogens is 3. The van der Waals surface area contributed by atoms with Crippen LogP contribution in [0, 0.1) is 20.8 Å². The normalized spacial score (nSPS) is 11.3. The van der Waals surface area contributed by atoms with Crippen molar-refractivity contribution in [2.45, 2.75) is 40.3 Å². The highest BCUT2D eigenvalue weighted by atomic mass is 16.3. The number of amides is 1. The molecule has 6 nitrogen and oxygen atoms in total. The molecule has 0 aliphatic rings. The van der Waals surface area contributed by atoms with Gasteiger partial charge >= 0.3 is 0 Å². The molecule has 29 heavy (non-hydrogen) atoms. The highest BCUT2D eigenvalue weighted by Gasteiger charge is 2.18. The maximum Gasteiger partial charge on any atom is 0.268 e. The van der Waals surface area contributed by atoms with Crippen molar-refractivity contribution in [1.29, 1.82) is 0 Å². The third kappa shape index (κ3) is 3.97. The predicted molar refractivity (Wildman–Crippen MR) is 113 cm³/mol. The van der Waals surface area contributed by atoms with E-state index in [1.54, 1.807) is 6.26 Å². The molecular weight excluding hydrogens is 364 g/mol. The fourth-order valence-corrected chi connectivity index (χ4v) is 3.72. The van der Waals surface area contributed by atoms with Crippen molar-refractivity contribution >= 4 is 17.0 Å². The van der Waals surface area contributed by atoms with E-state index < -0.39 is 0 Å². The Balaban J connectivity index is 1.46. The minimum absolute atomic E-state index is 0.0849. The van der Waals surface area contributed by atoms with E-state index in [2.05, 4.69) is 35.5 Å². The molecule has 0 fully saturated rings. The number of benzene rings is 1. The number of aryl methyl sites for hydroxylation is 4. The van der Waals surface area contributed by atoms with E-state index in [4.69, 9.17) is 4.42 Å². The third-order valence-electron chi connectivity index (χ3n) is 5.28. The van der Waals surface area contributed by atoms with Crippen LogP contribution in [0.15, 0.2) is 53.1 Å². The first-order valence-corrected chi connectivity index (χ1v) is 9.93. The number of hydrogen-bond acceptors (Lipinski definition) is 3. The lowest BCUT2D eigenvalue weighted by Gasteiger charge is -2.12. The Morgan fingerprint density at radius 2 is 1.97 bits per heavy atom. The van der Waals surface area contributed by atoms with Crippen molar-refractivity contribution in [2.75, 3.05) is 6.54 Å². The molecule has 4 rings (SSSR count). The van der Waals surface area contributed by atoms with Gasteiger partial charge < -0.3 is 14.3 Å². The standard InChI is InChI=1S/C23H26N4O2/c1-16-7-4-5-8-19(16)15-26-20-9-12-29-22(20)14-21(26)23(28)24-10-6-11-27-18(3)13-17(2)25-27/h4-5,7-9,12-14H,6,10-11,15H2,1-3H3,(H,24,28). The summed E-state index contributed by atoms with van der Waals surface area (Å²) in [6.45, 7) is 8.13. The zero-order chi connectivity index (χ0) is 20.4. The second-order valence-electron chi connectivity index (χ2n) is 7.47. The maximum atomic E-state index is 12.9. The Morgan fingerprint density at radius 1 is 1.14 bits per heavy atom. The monoisotopic (exact) mass is 390 g/mol. The summed E-state index contributed by atoms with van der Waals surface area (Å²) < 4.78 is 9.55. The summed E-state index contributed by atoms with van der Waals surface area (Å²) in [5.74, 6) is -0.0849.